The first-order valence-electron chi connectivity index (χ1n) is 5.12. The molecule has 1 saturated carbocycles. The fourth-order valence-electron chi connectivity index (χ4n) is 1.71. The third-order valence-corrected chi connectivity index (χ3v) is 4.11. The van der Waals surface area contributed by atoms with Gasteiger partial charge in [-0.3, -0.25) is 0 Å². The molecule has 1 fully saturated rings. The summed E-state index contributed by atoms with van der Waals surface area (Å²) in [5.41, 5.74) is 6.81. The van der Waals surface area contributed by atoms with Crippen LogP contribution in [-0.4, -0.2) is 16.3 Å². The molecule has 5 heteroatoms. The van der Waals surface area contributed by atoms with Crippen LogP contribution in [0.5, 0.6) is 5.75 Å². The molecule has 0 amide bonds. The highest BCUT2D eigenvalue weighted by Crippen LogP contribution is 2.40. The van der Waals surface area contributed by atoms with E-state index < -0.39 is 12.1 Å². The smallest absolute Gasteiger partial charge is 0.143 e. The average molecular weight is 351 g/mol. The summed E-state index contributed by atoms with van der Waals surface area (Å²) in [7, 11) is 0. The first kappa shape index (κ1) is 12.4. The van der Waals surface area contributed by atoms with E-state index in [1.807, 2.05) is 0 Å². The summed E-state index contributed by atoms with van der Waals surface area (Å²) in [6.07, 6.45) is 1.60. The number of hydrogen-bond donors (Lipinski definition) is 3. The van der Waals surface area contributed by atoms with Crippen LogP contribution in [0.2, 0.25) is 0 Å². The Hall–Kier alpha value is -0.100. The molecule has 0 heterocycles. The Bertz CT molecular complexity index is 384. The van der Waals surface area contributed by atoms with Gasteiger partial charge in [-0.25, -0.2) is 0 Å². The van der Waals surface area contributed by atoms with E-state index in [1.54, 1.807) is 12.1 Å². The molecule has 1 aliphatic rings. The first-order chi connectivity index (χ1) is 7.50. The molecule has 2 rings (SSSR count). The van der Waals surface area contributed by atoms with E-state index in [0.29, 0.717) is 14.9 Å². The van der Waals surface area contributed by atoms with Crippen LogP contribution >= 0.6 is 31.9 Å². The zero-order valence-electron chi connectivity index (χ0n) is 8.53. The normalized spacial score (nSPS) is 19.5. The van der Waals surface area contributed by atoms with Crippen molar-refractivity contribution in [3.63, 3.8) is 0 Å². The Labute approximate surface area is 111 Å². The van der Waals surface area contributed by atoms with E-state index in [-0.39, 0.29) is 5.75 Å². The highest BCUT2D eigenvalue weighted by molar-refractivity contribution is 9.11. The van der Waals surface area contributed by atoms with Crippen LogP contribution in [0.1, 0.15) is 24.4 Å². The largest absolute Gasteiger partial charge is 0.506 e. The van der Waals surface area contributed by atoms with Crippen molar-refractivity contribution in [1.29, 1.82) is 0 Å². The maximum Gasteiger partial charge on any atom is 0.143 e. The van der Waals surface area contributed by atoms with Gasteiger partial charge in [0.15, 0.2) is 0 Å². The number of benzene rings is 1. The van der Waals surface area contributed by atoms with Gasteiger partial charge in [0.2, 0.25) is 0 Å². The van der Waals surface area contributed by atoms with E-state index in [4.69, 9.17) is 5.73 Å². The maximum atomic E-state index is 9.94. The van der Waals surface area contributed by atoms with Gasteiger partial charge in [-0.2, -0.15) is 0 Å². The Morgan fingerprint density at radius 1 is 1.25 bits per heavy atom. The van der Waals surface area contributed by atoms with Crippen molar-refractivity contribution in [3.05, 3.63) is 26.6 Å². The third kappa shape index (κ3) is 2.42. The fourth-order valence-corrected chi connectivity index (χ4v) is 2.93. The number of halogens is 2. The minimum absolute atomic E-state index is 0.150. The van der Waals surface area contributed by atoms with Gasteiger partial charge >= 0.3 is 0 Å². The molecule has 0 bridgehead atoms. The van der Waals surface area contributed by atoms with E-state index in [2.05, 4.69) is 31.9 Å². The van der Waals surface area contributed by atoms with Crippen molar-refractivity contribution in [2.24, 2.45) is 11.7 Å². The molecule has 4 N–H and O–H groups in total. The minimum Gasteiger partial charge on any atom is -0.506 e. The molecule has 0 saturated heterocycles. The zero-order chi connectivity index (χ0) is 11.9. The summed E-state index contributed by atoms with van der Waals surface area (Å²) >= 11 is 6.50. The molecule has 0 aromatic heterocycles. The quantitative estimate of drug-likeness (QED) is 0.785. The number of nitrogens with two attached hydrogens (primary N) is 1. The summed E-state index contributed by atoms with van der Waals surface area (Å²) in [5.74, 6) is 0.484. The molecule has 16 heavy (non-hydrogen) atoms. The standard InChI is InChI=1S/C11H13Br2NO2/c12-7-3-6(4-8(13)11(7)16)9(14)10(15)5-1-2-5/h3-5,9-10,15-16H,1-2,14H2/t9-,10+/m1/s1. The van der Waals surface area contributed by atoms with Crippen molar-refractivity contribution in [1.82, 2.24) is 0 Å². The molecule has 0 unspecified atom stereocenters. The molecule has 1 aromatic rings. The van der Waals surface area contributed by atoms with Crippen LogP contribution in [0.3, 0.4) is 0 Å². The molecular weight excluding hydrogens is 338 g/mol. The Balaban J connectivity index is 2.25. The number of aliphatic hydroxyl groups is 1. The molecular formula is C11H13Br2NO2. The summed E-state index contributed by atoms with van der Waals surface area (Å²) in [6, 6.07) is 3.09. The fraction of sp³-hybridized carbons (Fsp3) is 0.455. The van der Waals surface area contributed by atoms with Crippen LogP contribution in [0.4, 0.5) is 0 Å². The van der Waals surface area contributed by atoms with Crippen LogP contribution in [0, 0.1) is 5.92 Å². The number of hydrogen-bond acceptors (Lipinski definition) is 3. The lowest BCUT2D eigenvalue weighted by molar-refractivity contribution is 0.122. The molecule has 2 atom stereocenters. The summed E-state index contributed by atoms with van der Waals surface area (Å²) in [4.78, 5) is 0. The van der Waals surface area contributed by atoms with E-state index >= 15 is 0 Å². The van der Waals surface area contributed by atoms with Gasteiger partial charge in [-0.1, -0.05) is 0 Å². The van der Waals surface area contributed by atoms with Crippen molar-refractivity contribution < 1.29 is 10.2 Å². The van der Waals surface area contributed by atoms with Gasteiger partial charge in [0, 0.05) is 0 Å². The van der Waals surface area contributed by atoms with Crippen molar-refractivity contribution in [2.45, 2.75) is 25.0 Å². The summed E-state index contributed by atoms with van der Waals surface area (Å²) in [5, 5.41) is 19.5. The van der Waals surface area contributed by atoms with Gasteiger partial charge in [0.1, 0.15) is 5.75 Å². The van der Waals surface area contributed by atoms with Crippen molar-refractivity contribution in [3.8, 4) is 5.75 Å². The van der Waals surface area contributed by atoms with Gasteiger partial charge in [-0.05, 0) is 68.3 Å². The van der Waals surface area contributed by atoms with Crippen LogP contribution in [0.25, 0.3) is 0 Å². The second kappa shape index (κ2) is 4.64. The highest BCUT2D eigenvalue weighted by atomic mass is 79.9. The van der Waals surface area contributed by atoms with Crippen LogP contribution in [-0.2, 0) is 0 Å². The third-order valence-electron chi connectivity index (χ3n) is 2.90. The first-order valence-corrected chi connectivity index (χ1v) is 6.71. The van der Waals surface area contributed by atoms with Gasteiger partial charge < -0.3 is 15.9 Å². The summed E-state index contributed by atoms with van der Waals surface area (Å²) in [6.45, 7) is 0. The molecule has 1 aromatic carbocycles. The lowest BCUT2D eigenvalue weighted by Crippen LogP contribution is -2.27. The van der Waals surface area contributed by atoms with Crippen molar-refractivity contribution >= 4 is 31.9 Å². The van der Waals surface area contributed by atoms with E-state index in [1.165, 1.54) is 0 Å². The predicted molar refractivity (Wildman–Crippen MR) is 69.2 cm³/mol. The topological polar surface area (TPSA) is 66.5 Å². The Morgan fingerprint density at radius 2 is 1.75 bits per heavy atom. The van der Waals surface area contributed by atoms with Gasteiger partial charge in [-0.15, -0.1) is 0 Å². The van der Waals surface area contributed by atoms with Gasteiger partial charge in [0.05, 0.1) is 21.1 Å². The van der Waals surface area contributed by atoms with E-state index in [9.17, 15) is 10.2 Å². The van der Waals surface area contributed by atoms with Gasteiger partial charge in [0.25, 0.3) is 0 Å². The van der Waals surface area contributed by atoms with Crippen LogP contribution in [0.15, 0.2) is 21.1 Å². The lowest BCUT2D eigenvalue weighted by Gasteiger charge is -2.19. The Morgan fingerprint density at radius 3 is 2.19 bits per heavy atom. The SMILES string of the molecule is N[C@H](c1cc(Br)c(O)c(Br)c1)[C@@H](O)C1CC1. The molecule has 88 valence electrons. The summed E-state index contributed by atoms with van der Waals surface area (Å²) < 4.78 is 1.16. The predicted octanol–water partition coefficient (Wildman–Crippen LogP) is 2.69. The monoisotopic (exact) mass is 349 g/mol. The number of aromatic hydroxyl groups is 1. The number of rotatable bonds is 3. The number of phenolic OH excluding ortho intramolecular Hbond substituents is 1. The van der Waals surface area contributed by atoms with Crippen molar-refractivity contribution in [2.75, 3.05) is 0 Å². The molecule has 0 aliphatic heterocycles. The average Bonchev–Trinajstić information content (AvgIpc) is 3.06. The number of aliphatic hydroxyl groups excluding tert-OH is 1. The molecule has 1 aliphatic carbocycles. The molecule has 0 spiro atoms. The minimum atomic E-state index is -0.497. The maximum absolute atomic E-state index is 9.94. The second-order valence-electron chi connectivity index (χ2n) is 4.19. The zero-order valence-corrected chi connectivity index (χ0v) is 11.7. The highest BCUT2D eigenvalue weighted by Gasteiger charge is 2.34. The second-order valence-corrected chi connectivity index (χ2v) is 5.90. The van der Waals surface area contributed by atoms with E-state index in [0.717, 1.165) is 18.4 Å². The molecule has 0 radical (unpaired) electrons. The Kier molecular flexibility index (Phi) is 3.59. The van der Waals surface area contributed by atoms with Crippen LogP contribution < -0.4 is 5.73 Å². The molecule has 3 nitrogen and oxygen atoms in total. The number of phenols is 1. The lowest BCUT2D eigenvalue weighted by atomic mass is 9.99.